The Labute approximate surface area is 109 Å². The van der Waals surface area contributed by atoms with Crippen molar-refractivity contribution < 1.29 is 9.21 Å². The van der Waals surface area contributed by atoms with Crippen molar-refractivity contribution in [1.82, 2.24) is 0 Å². The van der Waals surface area contributed by atoms with E-state index in [0.717, 1.165) is 22.8 Å². The molecule has 1 heterocycles. The Morgan fingerprint density at radius 2 is 1.63 bits per heavy atom. The SMILES string of the molecule is O=Cc1ccccc1-c1cc(=O)oc2ccccc12. The lowest BCUT2D eigenvalue weighted by Gasteiger charge is -2.07. The summed E-state index contributed by atoms with van der Waals surface area (Å²) in [4.78, 5) is 22.7. The van der Waals surface area contributed by atoms with Gasteiger partial charge < -0.3 is 4.42 Å². The Bertz CT molecular complexity index is 815. The monoisotopic (exact) mass is 250 g/mol. The van der Waals surface area contributed by atoms with Crippen molar-refractivity contribution in [3.8, 4) is 11.1 Å². The van der Waals surface area contributed by atoms with E-state index in [9.17, 15) is 9.59 Å². The smallest absolute Gasteiger partial charge is 0.336 e. The molecule has 0 unspecified atom stereocenters. The number of rotatable bonds is 2. The van der Waals surface area contributed by atoms with Gasteiger partial charge in [0.05, 0.1) is 0 Å². The zero-order chi connectivity index (χ0) is 13.2. The summed E-state index contributed by atoms with van der Waals surface area (Å²) in [5, 5.41) is 0.816. The van der Waals surface area contributed by atoms with Crippen molar-refractivity contribution in [1.29, 1.82) is 0 Å². The highest BCUT2D eigenvalue weighted by molar-refractivity contribution is 5.98. The molecule has 3 heteroatoms. The lowest BCUT2D eigenvalue weighted by molar-refractivity contribution is 0.112. The summed E-state index contributed by atoms with van der Waals surface area (Å²) in [5.41, 5.74) is 2.11. The summed E-state index contributed by atoms with van der Waals surface area (Å²) < 4.78 is 5.15. The molecule has 1 aromatic heterocycles. The van der Waals surface area contributed by atoms with Gasteiger partial charge in [-0.15, -0.1) is 0 Å². The van der Waals surface area contributed by atoms with Crippen LogP contribution < -0.4 is 5.63 Å². The van der Waals surface area contributed by atoms with Crippen LogP contribution in [0.1, 0.15) is 10.4 Å². The summed E-state index contributed by atoms with van der Waals surface area (Å²) in [6.07, 6.45) is 0.790. The van der Waals surface area contributed by atoms with E-state index < -0.39 is 5.63 Å². The van der Waals surface area contributed by atoms with E-state index in [-0.39, 0.29) is 0 Å². The zero-order valence-electron chi connectivity index (χ0n) is 10.00. The van der Waals surface area contributed by atoms with Gasteiger partial charge in [0.15, 0.2) is 6.29 Å². The highest BCUT2D eigenvalue weighted by Crippen LogP contribution is 2.28. The molecule has 0 N–H and O–H groups in total. The molecular formula is C16H10O3. The number of hydrogen-bond donors (Lipinski definition) is 0. The van der Waals surface area contributed by atoms with Crippen molar-refractivity contribution in [3.63, 3.8) is 0 Å². The fourth-order valence-electron chi connectivity index (χ4n) is 2.18. The second-order valence-electron chi connectivity index (χ2n) is 4.18. The van der Waals surface area contributed by atoms with Crippen LogP contribution in [0.4, 0.5) is 0 Å². The third kappa shape index (κ3) is 1.95. The van der Waals surface area contributed by atoms with Crippen LogP contribution in [-0.4, -0.2) is 6.29 Å². The Morgan fingerprint density at radius 3 is 2.47 bits per heavy atom. The third-order valence-electron chi connectivity index (χ3n) is 3.03. The van der Waals surface area contributed by atoms with Crippen LogP contribution in [0.5, 0.6) is 0 Å². The summed E-state index contributed by atoms with van der Waals surface area (Å²) in [7, 11) is 0. The Hall–Kier alpha value is -2.68. The molecule has 19 heavy (non-hydrogen) atoms. The lowest BCUT2D eigenvalue weighted by atomic mass is 9.98. The van der Waals surface area contributed by atoms with E-state index in [1.54, 1.807) is 24.3 Å². The summed E-state index contributed by atoms with van der Waals surface area (Å²) in [5.74, 6) is 0. The number of benzene rings is 2. The Balaban J connectivity index is 2.42. The summed E-state index contributed by atoms with van der Waals surface area (Å²) in [6.45, 7) is 0. The van der Waals surface area contributed by atoms with E-state index in [1.165, 1.54) is 6.07 Å². The molecule has 0 saturated heterocycles. The Morgan fingerprint density at radius 1 is 0.895 bits per heavy atom. The minimum absolute atomic E-state index is 0.422. The Kier molecular flexibility index (Phi) is 2.72. The minimum Gasteiger partial charge on any atom is -0.423 e. The molecule has 0 bridgehead atoms. The molecule has 0 aliphatic carbocycles. The van der Waals surface area contributed by atoms with E-state index in [2.05, 4.69) is 0 Å². The maximum Gasteiger partial charge on any atom is 0.336 e. The topological polar surface area (TPSA) is 47.3 Å². The maximum atomic E-state index is 11.6. The molecule has 92 valence electrons. The lowest BCUT2D eigenvalue weighted by Crippen LogP contribution is -1.99. The summed E-state index contributed by atoms with van der Waals surface area (Å²) in [6, 6.07) is 15.9. The van der Waals surface area contributed by atoms with E-state index in [4.69, 9.17) is 4.42 Å². The molecule has 3 aromatic rings. The van der Waals surface area contributed by atoms with E-state index in [0.29, 0.717) is 11.1 Å². The molecule has 0 fully saturated rings. The van der Waals surface area contributed by atoms with Gasteiger partial charge in [-0.2, -0.15) is 0 Å². The standard InChI is InChI=1S/C16H10O3/c17-10-11-5-1-2-6-12(11)14-9-16(18)19-15-8-4-3-7-13(14)15/h1-10H. The molecule has 0 radical (unpaired) electrons. The van der Waals surface area contributed by atoms with Crippen LogP contribution in [0.15, 0.2) is 63.8 Å². The van der Waals surface area contributed by atoms with Crippen LogP contribution in [0, 0.1) is 0 Å². The van der Waals surface area contributed by atoms with Gasteiger partial charge in [0, 0.05) is 22.6 Å². The highest BCUT2D eigenvalue weighted by Gasteiger charge is 2.10. The molecule has 3 nitrogen and oxygen atoms in total. The largest absolute Gasteiger partial charge is 0.423 e. The fraction of sp³-hybridized carbons (Fsp3) is 0. The van der Waals surface area contributed by atoms with Crippen LogP contribution in [0.25, 0.3) is 22.1 Å². The first-order valence-corrected chi connectivity index (χ1v) is 5.87. The molecule has 3 rings (SSSR count). The number of carbonyl (C=O) groups excluding carboxylic acids is 1. The van der Waals surface area contributed by atoms with Crippen LogP contribution in [0.3, 0.4) is 0 Å². The van der Waals surface area contributed by atoms with Crippen molar-refractivity contribution in [2.45, 2.75) is 0 Å². The highest BCUT2D eigenvalue weighted by atomic mass is 16.4. The van der Waals surface area contributed by atoms with Crippen molar-refractivity contribution in [2.24, 2.45) is 0 Å². The minimum atomic E-state index is -0.422. The normalized spacial score (nSPS) is 10.5. The van der Waals surface area contributed by atoms with Crippen LogP contribution >= 0.6 is 0 Å². The van der Waals surface area contributed by atoms with Crippen molar-refractivity contribution >= 4 is 17.3 Å². The van der Waals surface area contributed by atoms with Gasteiger partial charge in [-0.1, -0.05) is 42.5 Å². The van der Waals surface area contributed by atoms with Gasteiger partial charge in [0.1, 0.15) is 5.58 Å². The number of hydrogen-bond acceptors (Lipinski definition) is 3. The zero-order valence-corrected chi connectivity index (χ0v) is 10.00. The van der Waals surface area contributed by atoms with Gasteiger partial charge in [-0.3, -0.25) is 4.79 Å². The van der Waals surface area contributed by atoms with Crippen LogP contribution in [0.2, 0.25) is 0 Å². The van der Waals surface area contributed by atoms with Crippen molar-refractivity contribution in [2.75, 3.05) is 0 Å². The summed E-state index contributed by atoms with van der Waals surface area (Å²) >= 11 is 0. The molecule has 0 saturated carbocycles. The predicted molar refractivity (Wildman–Crippen MR) is 73.3 cm³/mol. The molecule has 0 atom stereocenters. The van der Waals surface area contributed by atoms with E-state index in [1.807, 2.05) is 24.3 Å². The van der Waals surface area contributed by atoms with Crippen molar-refractivity contribution in [3.05, 3.63) is 70.6 Å². The molecule has 0 amide bonds. The molecular weight excluding hydrogens is 240 g/mol. The van der Waals surface area contributed by atoms with Gasteiger partial charge >= 0.3 is 5.63 Å². The quantitative estimate of drug-likeness (QED) is 0.518. The number of carbonyl (C=O) groups is 1. The second kappa shape index (κ2) is 4.53. The first-order valence-electron chi connectivity index (χ1n) is 5.87. The average Bonchev–Trinajstić information content (AvgIpc) is 2.46. The first kappa shape index (κ1) is 11.4. The molecule has 0 aliphatic rings. The fourth-order valence-corrected chi connectivity index (χ4v) is 2.18. The average molecular weight is 250 g/mol. The second-order valence-corrected chi connectivity index (χ2v) is 4.18. The van der Waals surface area contributed by atoms with Gasteiger partial charge in [0.2, 0.25) is 0 Å². The molecule has 2 aromatic carbocycles. The number of para-hydroxylation sites is 1. The van der Waals surface area contributed by atoms with Gasteiger partial charge in [-0.05, 0) is 11.6 Å². The van der Waals surface area contributed by atoms with E-state index >= 15 is 0 Å². The third-order valence-corrected chi connectivity index (χ3v) is 3.03. The number of fused-ring (bicyclic) bond motifs is 1. The predicted octanol–water partition coefficient (Wildman–Crippen LogP) is 3.27. The molecule has 0 spiro atoms. The first-order chi connectivity index (χ1) is 9.29. The van der Waals surface area contributed by atoms with Gasteiger partial charge in [0.25, 0.3) is 0 Å². The molecule has 0 aliphatic heterocycles. The van der Waals surface area contributed by atoms with Gasteiger partial charge in [-0.25, -0.2) is 4.79 Å². The van der Waals surface area contributed by atoms with Crippen LogP contribution in [-0.2, 0) is 0 Å². The number of aldehydes is 1. The maximum absolute atomic E-state index is 11.6.